The SMILES string of the molecule is Nc1ncc(-c2ccc(-c3ccccc3S(=O)(=O)N3CCNC(=O)C3)cc2F)cn1.O=C(O)C(F)(F)F. The number of sulfonamides is 1. The number of anilines is 1. The molecule has 1 aliphatic heterocycles. The summed E-state index contributed by atoms with van der Waals surface area (Å²) in [6.07, 6.45) is -2.25. The molecule has 37 heavy (non-hydrogen) atoms. The largest absolute Gasteiger partial charge is 0.490 e. The molecule has 0 radical (unpaired) electrons. The van der Waals surface area contributed by atoms with E-state index in [1.54, 1.807) is 24.3 Å². The zero-order valence-corrected chi connectivity index (χ0v) is 19.6. The number of piperazine rings is 1. The van der Waals surface area contributed by atoms with Crippen LogP contribution in [0.3, 0.4) is 0 Å². The Balaban J connectivity index is 0.000000479. The number of benzene rings is 2. The fourth-order valence-electron chi connectivity index (χ4n) is 3.28. The van der Waals surface area contributed by atoms with Crippen LogP contribution in [0.2, 0.25) is 0 Å². The molecule has 4 rings (SSSR count). The van der Waals surface area contributed by atoms with Crippen LogP contribution in [-0.4, -0.2) is 65.5 Å². The average Bonchev–Trinajstić information content (AvgIpc) is 2.84. The van der Waals surface area contributed by atoms with Crippen molar-refractivity contribution in [2.45, 2.75) is 11.1 Å². The van der Waals surface area contributed by atoms with E-state index in [0.29, 0.717) is 16.7 Å². The summed E-state index contributed by atoms with van der Waals surface area (Å²) in [6, 6.07) is 10.8. The number of aromatic nitrogens is 2. The molecule has 0 unspecified atom stereocenters. The Morgan fingerprint density at radius 3 is 2.24 bits per heavy atom. The number of amides is 1. The smallest absolute Gasteiger partial charge is 0.475 e. The van der Waals surface area contributed by atoms with Crippen molar-refractivity contribution in [2.24, 2.45) is 0 Å². The molecular weight excluding hydrogens is 522 g/mol. The summed E-state index contributed by atoms with van der Waals surface area (Å²) in [4.78, 5) is 28.3. The van der Waals surface area contributed by atoms with Crippen LogP contribution in [-0.2, 0) is 19.6 Å². The van der Waals surface area contributed by atoms with Crippen LogP contribution in [0.25, 0.3) is 22.3 Å². The molecule has 2 heterocycles. The van der Waals surface area contributed by atoms with E-state index in [1.165, 1.54) is 30.6 Å². The van der Waals surface area contributed by atoms with Gasteiger partial charge >= 0.3 is 12.1 Å². The van der Waals surface area contributed by atoms with Gasteiger partial charge in [-0.3, -0.25) is 4.79 Å². The monoisotopic (exact) mass is 541 g/mol. The van der Waals surface area contributed by atoms with Gasteiger partial charge in [0.2, 0.25) is 21.9 Å². The van der Waals surface area contributed by atoms with Gasteiger partial charge in [-0.1, -0.05) is 30.3 Å². The number of alkyl halides is 3. The van der Waals surface area contributed by atoms with E-state index in [0.717, 1.165) is 4.31 Å². The second-order valence-corrected chi connectivity index (χ2v) is 9.42. The third kappa shape index (κ3) is 6.56. The minimum atomic E-state index is -5.08. The van der Waals surface area contributed by atoms with Crippen LogP contribution in [0.4, 0.5) is 23.5 Å². The van der Waals surface area contributed by atoms with Crippen LogP contribution >= 0.6 is 0 Å². The summed E-state index contributed by atoms with van der Waals surface area (Å²) in [5, 5.41) is 9.73. The van der Waals surface area contributed by atoms with E-state index < -0.39 is 28.0 Å². The lowest BCUT2D eigenvalue weighted by Gasteiger charge is -2.26. The Morgan fingerprint density at radius 1 is 1.05 bits per heavy atom. The number of hydrogen-bond donors (Lipinski definition) is 3. The third-order valence-corrected chi connectivity index (χ3v) is 6.92. The van der Waals surface area contributed by atoms with Gasteiger partial charge in [-0.05, 0) is 17.7 Å². The third-order valence-electron chi connectivity index (χ3n) is 5.01. The van der Waals surface area contributed by atoms with Gasteiger partial charge in [0, 0.05) is 42.2 Å². The molecule has 1 fully saturated rings. The lowest BCUT2D eigenvalue weighted by atomic mass is 10.0. The highest BCUT2D eigenvalue weighted by Crippen LogP contribution is 2.32. The maximum absolute atomic E-state index is 14.9. The molecule has 4 N–H and O–H groups in total. The highest BCUT2D eigenvalue weighted by molar-refractivity contribution is 7.89. The summed E-state index contributed by atoms with van der Waals surface area (Å²) in [6.45, 7) is 0.168. The van der Waals surface area contributed by atoms with Crippen molar-refractivity contribution in [3.05, 3.63) is 60.7 Å². The minimum absolute atomic E-state index is 0.0164. The number of nitrogen functional groups attached to an aromatic ring is 1. The molecule has 0 aliphatic carbocycles. The lowest BCUT2D eigenvalue weighted by molar-refractivity contribution is -0.192. The van der Waals surface area contributed by atoms with E-state index in [1.807, 2.05) is 0 Å². The number of nitrogens with zero attached hydrogens (tertiary/aromatic N) is 3. The van der Waals surface area contributed by atoms with Crippen molar-refractivity contribution in [3.63, 3.8) is 0 Å². The van der Waals surface area contributed by atoms with Gasteiger partial charge in [0.15, 0.2) is 0 Å². The van der Waals surface area contributed by atoms with Crippen LogP contribution in [0.5, 0.6) is 0 Å². The summed E-state index contributed by atoms with van der Waals surface area (Å²) < 4.78 is 74.0. The van der Waals surface area contributed by atoms with Gasteiger partial charge in [-0.2, -0.15) is 17.5 Å². The molecule has 0 spiro atoms. The van der Waals surface area contributed by atoms with Crippen molar-refractivity contribution < 1.29 is 40.7 Å². The number of halogens is 4. The number of hydrogen-bond acceptors (Lipinski definition) is 7. The van der Waals surface area contributed by atoms with E-state index in [9.17, 15) is 30.8 Å². The van der Waals surface area contributed by atoms with Crippen molar-refractivity contribution in [3.8, 4) is 22.3 Å². The van der Waals surface area contributed by atoms with Crippen LogP contribution in [0.1, 0.15) is 0 Å². The Hall–Kier alpha value is -4.11. The van der Waals surface area contributed by atoms with Gasteiger partial charge in [0.25, 0.3) is 0 Å². The minimum Gasteiger partial charge on any atom is -0.475 e. The molecule has 0 saturated carbocycles. The summed E-state index contributed by atoms with van der Waals surface area (Å²) in [5.74, 6) is -3.58. The van der Waals surface area contributed by atoms with Crippen molar-refractivity contribution in [1.29, 1.82) is 0 Å². The van der Waals surface area contributed by atoms with Crippen molar-refractivity contribution >= 4 is 27.8 Å². The summed E-state index contributed by atoms with van der Waals surface area (Å²) >= 11 is 0. The first-order chi connectivity index (χ1) is 17.3. The Labute approximate surface area is 207 Å². The van der Waals surface area contributed by atoms with Gasteiger partial charge in [-0.25, -0.2) is 27.6 Å². The number of carbonyl (C=O) groups is 2. The molecule has 10 nitrogen and oxygen atoms in total. The number of nitrogens with one attached hydrogen (secondary N) is 1. The first-order valence-electron chi connectivity index (χ1n) is 10.3. The molecule has 1 aromatic heterocycles. The van der Waals surface area contributed by atoms with Crippen molar-refractivity contribution in [1.82, 2.24) is 19.6 Å². The molecule has 1 saturated heterocycles. The second-order valence-electron chi connectivity index (χ2n) is 7.51. The first kappa shape index (κ1) is 27.5. The van der Waals surface area contributed by atoms with Gasteiger partial charge < -0.3 is 16.2 Å². The number of aliphatic carboxylic acids is 1. The standard InChI is InChI=1S/C20H18FN5O3S.C2HF3O2/c21-17-9-13(5-6-15(17)14-10-24-20(22)25-11-14)16-3-1-2-4-18(16)30(28,29)26-8-7-23-19(27)12-26;3-2(4,5)1(6)7/h1-6,9-11H,7-8,12H2,(H,23,27)(H2,22,24,25);(H,6,7). The fraction of sp³-hybridized carbons (Fsp3) is 0.182. The van der Waals surface area contributed by atoms with E-state index in [4.69, 9.17) is 15.6 Å². The lowest BCUT2D eigenvalue weighted by Crippen LogP contribution is -2.49. The number of nitrogens with two attached hydrogens (primary N) is 1. The maximum Gasteiger partial charge on any atom is 0.490 e. The molecule has 3 aromatic rings. The van der Waals surface area contributed by atoms with E-state index in [2.05, 4.69) is 15.3 Å². The highest BCUT2D eigenvalue weighted by Gasteiger charge is 2.38. The summed E-state index contributed by atoms with van der Waals surface area (Å²) in [7, 11) is -3.94. The Bertz CT molecular complexity index is 1420. The molecule has 2 aromatic carbocycles. The topological polar surface area (TPSA) is 156 Å². The molecule has 15 heteroatoms. The zero-order valence-electron chi connectivity index (χ0n) is 18.7. The predicted octanol–water partition coefficient (Wildman–Crippen LogP) is 2.29. The molecule has 0 atom stereocenters. The van der Waals surface area contributed by atoms with Gasteiger partial charge in [0.1, 0.15) is 5.82 Å². The van der Waals surface area contributed by atoms with E-state index >= 15 is 0 Å². The Morgan fingerprint density at radius 2 is 1.68 bits per heavy atom. The fourth-order valence-corrected chi connectivity index (χ4v) is 4.89. The molecular formula is C22H19F4N5O5S. The zero-order chi connectivity index (χ0) is 27.4. The normalized spacial score (nSPS) is 14.3. The molecule has 0 bridgehead atoms. The number of carboxylic acid groups (broad SMARTS) is 1. The molecule has 1 aliphatic rings. The van der Waals surface area contributed by atoms with Crippen LogP contribution in [0.15, 0.2) is 59.8 Å². The average molecular weight is 541 g/mol. The highest BCUT2D eigenvalue weighted by atomic mass is 32.2. The van der Waals surface area contributed by atoms with Crippen LogP contribution in [0, 0.1) is 5.82 Å². The number of carboxylic acids is 1. The number of rotatable bonds is 4. The maximum atomic E-state index is 14.9. The second kappa shape index (κ2) is 10.9. The molecule has 1 amide bonds. The predicted molar refractivity (Wildman–Crippen MR) is 123 cm³/mol. The van der Waals surface area contributed by atoms with Gasteiger partial charge in [-0.15, -0.1) is 0 Å². The Kier molecular flexibility index (Phi) is 8.08. The van der Waals surface area contributed by atoms with Crippen LogP contribution < -0.4 is 11.1 Å². The van der Waals surface area contributed by atoms with E-state index in [-0.39, 0.29) is 41.9 Å². The molecule has 196 valence electrons. The van der Waals surface area contributed by atoms with Gasteiger partial charge in [0.05, 0.1) is 11.4 Å². The van der Waals surface area contributed by atoms with Crippen molar-refractivity contribution in [2.75, 3.05) is 25.4 Å². The first-order valence-corrected chi connectivity index (χ1v) is 11.8. The number of carbonyl (C=O) groups excluding carboxylic acids is 1. The summed E-state index contributed by atoms with van der Waals surface area (Å²) in [5.41, 5.74) is 6.94. The quantitative estimate of drug-likeness (QED) is 0.425.